The van der Waals surface area contributed by atoms with E-state index in [0.717, 1.165) is 37.1 Å². The van der Waals surface area contributed by atoms with Crippen LogP contribution in [0.4, 0.5) is 10.2 Å². The second-order valence-electron chi connectivity index (χ2n) is 5.68. The zero-order chi connectivity index (χ0) is 16.2. The highest BCUT2D eigenvalue weighted by molar-refractivity contribution is 9.10. The van der Waals surface area contributed by atoms with E-state index in [1.165, 1.54) is 6.07 Å². The van der Waals surface area contributed by atoms with Crippen LogP contribution in [0.5, 0.6) is 0 Å². The van der Waals surface area contributed by atoms with Crippen LogP contribution in [0.3, 0.4) is 0 Å². The predicted molar refractivity (Wildman–Crippen MR) is 92.5 cm³/mol. The van der Waals surface area contributed by atoms with E-state index in [-0.39, 0.29) is 11.9 Å². The van der Waals surface area contributed by atoms with Crippen LogP contribution >= 0.6 is 15.9 Å². The highest BCUT2D eigenvalue weighted by Crippen LogP contribution is 2.26. The number of pyridine rings is 1. The van der Waals surface area contributed by atoms with Crippen LogP contribution in [0, 0.1) is 5.82 Å². The van der Waals surface area contributed by atoms with Gasteiger partial charge < -0.3 is 14.4 Å². The summed E-state index contributed by atoms with van der Waals surface area (Å²) >= 11 is 3.21. The van der Waals surface area contributed by atoms with Crippen LogP contribution in [0.25, 0.3) is 10.9 Å². The summed E-state index contributed by atoms with van der Waals surface area (Å²) in [6.07, 6.45) is 2.23. The minimum absolute atomic E-state index is 0.285. The average Bonchev–Trinajstić information content (AvgIpc) is 2.56. The largest absolute Gasteiger partial charge is 0.382 e. The predicted octanol–water partition coefficient (Wildman–Crippen LogP) is 3.77. The molecule has 23 heavy (non-hydrogen) atoms. The van der Waals surface area contributed by atoms with Crippen molar-refractivity contribution >= 4 is 32.7 Å². The molecule has 0 bridgehead atoms. The third-order valence-electron chi connectivity index (χ3n) is 4.12. The monoisotopic (exact) mass is 382 g/mol. The Kier molecular flexibility index (Phi) is 5.46. The summed E-state index contributed by atoms with van der Waals surface area (Å²) < 4.78 is 24.9. The molecule has 0 N–H and O–H groups in total. The smallest absolute Gasteiger partial charge is 0.139 e. The maximum atomic E-state index is 13.7. The molecule has 4 nitrogen and oxygen atoms in total. The molecule has 3 rings (SSSR count). The van der Waals surface area contributed by atoms with Crippen molar-refractivity contribution in [2.75, 3.05) is 38.3 Å². The first-order chi connectivity index (χ1) is 11.2. The van der Waals surface area contributed by atoms with Crippen LogP contribution in [-0.2, 0) is 9.47 Å². The van der Waals surface area contributed by atoms with Gasteiger partial charge in [-0.25, -0.2) is 9.37 Å². The number of fused-ring (bicyclic) bond motifs is 1. The van der Waals surface area contributed by atoms with Crippen LogP contribution in [0.2, 0.25) is 0 Å². The zero-order valence-electron chi connectivity index (χ0n) is 13.1. The molecule has 1 fully saturated rings. The van der Waals surface area contributed by atoms with Gasteiger partial charge >= 0.3 is 0 Å². The molecule has 2 aromatic rings. The van der Waals surface area contributed by atoms with E-state index in [1.54, 1.807) is 13.2 Å². The van der Waals surface area contributed by atoms with E-state index in [4.69, 9.17) is 9.47 Å². The highest BCUT2D eigenvalue weighted by atomic mass is 79.9. The molecular formula is C17H20BrFN2O2. The molecule has 1 aromatic heterocycles. The topological polar surface area (TPSA) is 34.6 Å². The minimum atomic E-state index is -0.285. The molecule has 0 spiro atoms. The number of methoxy groups -OCH3 is 1. The van der Waals surface area contributed by atoms with Crippen molar-refractivity contribution < 1.29 is 13.9 Å². The maximum absolute atomic E-state index is 13.7. The Hall–Kier alpha value is -1.24. The molecule has 6 heteroatoms. The third-order valence-corrected chi connectivity index (χ3v) is 4.73. The van der Waals surface area contributed by atoms with Gasteiger partial charge in [-0.3, -0.25) is 0 Å². The second kappa shape index (κ2) is 7.55. The van der Waals surface area contributed by atoms with Gasteiger partial charge in [0.05, 0.1) is 29.3 Å². The lowest BCUT2D eigenvalue weighted by Gasteiger charge is -2.32. The molecule has 1 aliphatic heterocycles. The number of benzene rings is 1. The molecule has 0 amide bonds. The number of piperidine rings is 1. The normalized spacial score (nSPS) is 16.2. The van der Waals surface area contributed by atoms with Gasteiger partial charge in [0.15, 0.2) is 0 Å². The van der Waals surface area contributed by atoms with Gasteiger partial charge in [0.1, 0.15) is 11.6 Å². The number of aromatic nitrogens is 1. The summed E-state index contributed by atoms with van der Waals surface area (Å²) in [7, 11) is 1.68. The number of hydrogen-bond donors (Lipinski definition) is 0. The first kappa shape index (κ1) is 16.6. The quantitative estimate of drug-likeness (QED) is 0.737. The average molecular weight is 383 g/mol. The summed E-state index contributed by atoms with van der Waals surface area (Å²) in [5.41, 5.74) is 0.682. The van der Waals surface area contributed by atoms with Crippen molar-refractivity contribution in [1.29, 1.82) is 0 Å². The summed E-state index contributed by atoms with van der Waals surface area (Å²) in [6.45, 7) is 3.07. The molecule has 1 aliphatic rings. The van der Waals surface area contributed by atoms with Crippen LogP contribution in [0.15, 0.2) is 28.7 Å². The Balaban J connectivity index is 1.66. The van der Waals surface area contributed by atoms with Gasteiger partial charge in [0, 0.05) is 31.7 Å². The van der Waals surface area contributed by atoms with Gasteiger partial charge in [0.2, 0.25) is 0 Å². The number of anilines is 1. The van der Waals surface area contributed by atoms with Gasteiger partial charge in [-0.2, -0.15) is 0 Å². The molecule has 0 atom stereocenters. The molecule has 124 valence electrons. The fraction of sp³-hybridized carbons (Fsp3) is 0.471. The standard InChI is InChI=1S/C17H20BrFN2O2/c1-22-8-9-23-13-4-6-21(7-5-13)17-3-2-12-10-14(18)15(19)11-16(12)20-17/h2-3,10-11,13H,4-9H2,1H3. The summed E-state index contributed by atoms with van der Waals surface area (Å²) in [5, 5.41) is 0.930. The van der Waals surface area contributed by atoms with Crippen molar-refractivity contribution in [3.63, 3.8) is 0 Å². The number of nitrogens with zero attached hydrogens (tertiary/aromatic N) is 2. The molecule has 0 unspecified atom stereocenters. The number of hydrogen-bond acceptors (Lipinski definition) is 4. The highest BCUT2D eigenvalue weighted by Gasteiger charge is 2.20. The van der Waals surface area contributed by atoms with Gasteiger partial charge in [-0.15, -0.1) is 0 Å². The van der Waals surface area contributed by atoms with Gasteiger partial charge in [-0.1, -0.05) is 0 Å². The third kappa shape index (κ3) is 4.00. The Bertz CT molecular complexity index is 675. The lowest BCUT2D eigenvalue weighted by Crippen LogP contribution is -2.37. The molecule has 1 saturated heterocycles. The van der Waals surface area contributed by atoms with Crippen LogP contribution < -0.4 is 4.90 Å². The Morgan fingerprint density at radius 3 is 2.78 bits per heavy atom. The van der Waals surface area contributed by atoms with E-state index in [0.29, 0.717) is 23.2 Å². The fourth-order valence-electron chi connectivity index (χ4n) is 2.83. The van der Waals surface area contributed by atoms with E-state index in [1.807, 2.05) is 12.1 Å². The van der Waals surface area contributed by atoms with Crippen LogP contribution in [0.1, 0.15) is 12.8 Å². The molecule has 0 saturated carbocycles. The van der Waals surface area contributed by atoms with Crippen molar-refractivity contribution in [1.82, 2.24) is 4.98 Å². The van der Waals surface area contributed by atoms with Crippen LogP contribution in [-0.4, -0.2) is 44.5 Å². The lowest BCUT2D eigenvalue weighted by atomic mass is 10.1. The Labute approximate surface area is 143 Å². The second-order valence-corrected chi connectivity index (χ2v) is 6.53. The zero-order valence-corrected chi connectivity index (χ0v) is 14.7. The SMILES string of the molecule is COCCOC1CCN(c2ccc3cc(Br)c(F)cc3n2)CC1. The van der Waals surface area contributed by atoms with E-state index in [9.17, 15) is 4.39 Å². The molecule has 0 aliphatic carbocycles. The minimum Gasteiger partial charge on any atom is -0.382 e. The van der Waals surface area contributed by atoms with Crippen molar-refractivity contribution in [2.24, 2.45) is 0 Å². The van der Waals surface area contributed by atoms with Gasteiger partial charge in [0.25, 0.3) is 0 Å². The Morgan fingerprint density at radius 2 is 2.04 bits per heavy atom. The first-order valence-corrected chi connectivity index (χ1v) is 8.58. The fourth-order valence-corrected chi connectivity index (χ4v) is 3.19. The summed E-state index contributed by atoms with van der Waals surface area (Å²) in [4.78, 5) is 6.84. The summed E-state index contributed by atoms with van der Waals surface area (Å²) in [5.74, 6) is 0.613. The van der Waals surface area contributed by atoms with Crippen molar-refractivity contribution in [3.8, 4) is 0 Å². The number of ether oxygens (including phenoxy) is 2. The molecular weight excluding hydrogens is 363 g/mol. The van der Waals surface area contributed by atoms with Crippen molar-refractivity contribution in [2.45, 2.75) is 18.9 Å². The van der Waals surface area contributed by atoms with E-state index >= 15 is 0 Å². The van der Waals surface area contributed by atoms with Gasteiger partial charge in [-0.05, 0) is 47.0 Å². The maximum Gasteiger partial charge on any atom is 0.139 e. The summed E-state index contributed by atoms with van der Waals surface area (Å²) in [6, 6.07) is 7.22. The van der Waals surface area contributed by atoms with E-state index < -0.39 is 0 Å². The number of halogens is 2. The number of rotatable bonds is 5. The Morgan fingerprint density at radius 1 is 1.26 bits per heavy atom. The first-order valence-electron chi connectivity index (χ1n) is 7.78. The lowest BCUT2D eigenvalue weighted by molar-refractivity contribution is 0.00605. The molecule has 1 aromatic carbocycles. The van der Waals surface area contributed by atoms with E-state index in [2.05, 4.69) is 25.8 Å². The molecule has 0 radical (unpaired) electrons. The molecule has 2 heterocycles. The van der Waals surface area contributed by atoms with Crippen molar-refractivity contribution in [3.05, 3.63) is 34.6 Å².